The van der Waals surface area contributed by atoms with Crippen molar-refractivity contribution in [2.45, 2.75) is 13.0 Å². The number of rotatable bonds is 4. The molecule has 1 aromatic rings. The average molecular weight is 195 g/mol. The molecular weight excluding hydrogens is 182 g/mol. The predicted molar refractivity (Wildman–Crippen MR) is 51.2 cm³/mol. The van der Waals surface area contributed by atoms with Crippen molar-refractivity contribution in [1.29, 1.82) is 0 Å². The van der Waals surface area contributed by atoms with Crippen molar-refractivity contribution in [1.82, 2.24) is 5.48 Å². The first-order valence-electron chi connectivity index (χ1n) is 4.40. The Kier molecular flexibility index (Phi) is 4.10. The molecule has 0 aliphatic carbocycles. The number of hydroxylamine groups is 1. The van der Waals surface area contributed by atoms with Crippen LogP contribution in [0.15, 0.2) is 30.3 Å². The number of aliphatic hydroxyl groups is 1. The summed E-state index contributed by atoms with van der Waals surface area (Å²) in [4.78, 5) is 15.9. The number of hydrogen-bond donors (Lipinski definition) is 2. The average Bonchev–Trinajstić information content (AvgIpc) is 2.26. The molecule has 0 fully saturated rings. The van der Waals surface area contributed by atoms with Gasteiger partial charge >= 0.3 is 0 Å². The van der Waals surface area contributed by atoms with Gasteiger partial charge in [0, 0.05) is 0 Å². The molecule has 1 unspecified atom stereocenters. The second-order valence-electron chi connectivity index (χ2n) is 2.71. The molecule has 0 saturated heterocycles. The minimum absolute atomic E-state index is 0.368. The summed E-state index contributed by atoms with van der Waals surface area (Å²) in [5.41, 5.74) is 2.69. The highest BCUT2D eigenvalue weighted by molar-refractivity contribution is 5.80. The van der Waals surface area contributed by atoms with E-state index in [4.69, 9.17) is 0 Å². The van der Waals surface area contributed by atoms with Crippen molar-refractivity contribution in [3.05, 3.63) is 35.9 Å². The van der Waals surface area contributed by atoms with E-state index in [1.54, 1.807) is 31.2 Å². The molecule has 0 spiro atoms. The van der Waals surface area contributed by atoms with Crippen LogP contribution < -0.4 is 5.48 Å². The molecule has 0 radical (unpaired) electrons. The summed E-state index contributed by atoms with van der Waals surface area (Å²) in [5.74, 6) is -0.557. The lowest BCUT2D eigenvalue weighted by Gasteiger charge is -2.10. The van der Waals surface area contributed by atoms with E-state index < -0.39 is 12.0 Å². The number of nitrogens with one attached hydrogen (secondary N) is 1. The number of benzene rings is 1. The molecule has 0 saturated carbocycles. The third-order valence-corrected chi connectivity index (χ3v) is 1.68. The van der Waals surface area contributed by atoms with Gasteiger partial charge in [-0.25, -0.2) is 5.48 Å². The highest BCUT2D eigenvalue weighted by Gasteiger charge is 2.16. The zero-order valence-corrected chi connectivity index (χ0v) is 7.93. The highest BCUT2D eigenvalue weighted by Crippen LogP contribution is 2.11. The molecule has 2 N–H and O–H groups in total. The molecule has 1 aromatic carbocycles. The summed E-state index contributed by atoms with van der Waals surface area (Å²) in [6.45, 7) is 2.11. The zero-order valence-electron chi connectivity index (χ0n) is 7.93. The molecule has 4 heteroatoms. The summed E-state index contributed by atoms with van der Waals surface area (Å²) in [6, 6.07) is 8.68. The van der Waals surface area contributed by atoms with E-state index >= 15 is 0 Å². The molecule has 0 aliphatic heterocycles. The van der Waals surface area contributed by atoms with Crippen LogP contribution in [0.3, 0.4) is 0 Å². The van der Waals surface area contributed by atoms with E-state index in [1.165, 1.54) is 0 Å². The summed E-state index contributed by atoms with van der Waals surface area (Å²) >= 11 is 0. The maximum Gasteiger partial charge on any atom is 0.276 e. The number of aliphatic hydroxyl groups excluding tert-OH is 1. The molecule has 0 aromatic heterocycles. The maximum absolute atomic E-state index is 11.2. The quantitative estimate of drug-likeness (QED) is 0.698. The second-order valence-corrected chi connectivity index (χ2v) is 2.71. The van der Waals surface area contributed by atoms with Crippen molar-refractivity contribution >= 4 is 5.91 Å². The van der Waals surface area contributed by atoms with Crippen LogP contribution in [0, 0.1) is 0 Å². The maximum atomic E-state index is 11.2. The van der Waals surface area contributed by atoms with E-state index in [9.17, 15) is 9.90 Å². The van der Waals surface area contributed by atoms with Crippen LogP contribution in [-0.4, -0.2) is 17.6 Å². The summed E-state index contributed by atoms with van der Waals surface area (Å²) in [6.07, 6.45) is -1.18. The lowest BCUT2D eigenvalue weighted by molar-refractivity contribution is -0.142. The Balaban J connectivity index is 2.57. The molecule has 0 aliphatic rings. The minimum atomic E-state index is -1.18. The number of amides is 1. The number of carbonyl (C=O) groups excluding carboxylic acids is 1. The number of carbonyl (C=O) groups is 1. The first-order chi connectivity index (χ1) is 6.75. The van der Waals surface area contributed by atoms with Crippen molar-refractivity contribution in [3.63, 3.8) is 0 Å². The minimum Gasteiger partial charge on any atom is -0.378 e. The Bertz CT molecular complexity index is 287. The largest absolute Gasteiger partial charge is 0.378 e. The van der Waals surface area contributed by atoms with E-state index in [1.807, 2.05) is 6.07 Å². The Morgan fingerprint density at radius 3 is 2.71 bits per heavy atom. The van der Waals surface area contributed by atoms with Crippen LogP contribution >= 0.6 is 0 Å². The summed E-state index contributed by atoms with van der Waals surface area (Å²) < 4.78 is 0. The summed E-state index contributed by atoms with van der Waals surface area (Å²) in [5, 5.41) is 9.52. The molecule has 1 rings (SSSR count). The molecule has 0 bridgehead atoms. The van der Waals surface area contributed by atoms with Crippen LogP contribution in [0.5, 0.6) is 0 Å². The third kappa shape index (κ3) is 2.83. The highest BCUT2D eigenvalue weighted by atomic mass is 16.7. The molecule has 14 heavy (non-hydrogen) atoms. The van der Waals surface area contributed by atoms with Crippen molar-refractivity contribution in [2.24, 2.45) is 0 Å². The fourth-order valence-electron chi connectivity index (χ4n) is 0.986. The molecule has 4 nitrogen and oxygen atoms in total. The lowest BCUT2D eigenvalue weighted by Crippen LogP contribution is -2.29. The molecule has 76 valence electrons. The smallest absolute Gasteiger partial charge is 0.276 e. The van der Waals surface area contributed by atoms with Crippen molar-refractivity contribution < 1.29 is 14.7 Å². The van der Waals surface area contributed by atoms with Gasteiger partial charge in [0.2, 0.25) is 0 Å². The molecular formula is C10H13NO3. The SMILES string of the molecule is CCONC(=O)C(O)c1ccccc1. The van der Waals surface area contributed by atoms with Crippen LogP contribution in [0.4, 0.5) is 0 Å². The van der Waals surface area contributed by atoms with E-state index in [-0.39, 0.29) is 0 Å². The van der Waals surface area contributed by atoms with Gasteiger partial charge in [0.1, 0.15) is 0 Å². The topological polar surface area (TPSA) is 58.6 Å². The molecule has 0 heterocycles. The zero-order chi connectivity index (χ0) is 10.4. The van der Waals surface area contributed by atoms with Gasteiger partial charge < -0.3 is 5.11 Å². The fraction of sp³-hybridized carbons (Fsp3) is 0.300. The first-order valence-corrected chi connectivity index (χ1v) is 4.40. The van der Waals surface area contributed by atoms with Crippen LogP contribution in [0.25, 0.3) is 0 Å². The fourth-order valence-corrected chi connectivity index (χ4v) is 0.986. The standard InChI is InChI=1S/C10H13NO3/c1-2-14-11-10(13)9(12)8-6-4-3-5-7-8/h3-7,9,12H,2H2,1H3,(H,11,13). The lowest BCUT2D eigenvalue weighted by atomic mass is 10.1. The number of hydrogen-bond acceptors (Lipinski definition) is 3. The van der Waals surface area contributed by atoms with Crippen molar-refractivity contribution in [2.75, 3.05) is 6.61 Å². The predicted octanol–water partition coefficient (Wildman–Crippen LogP) is 0.788. The molecule has 1 amide bonds. The van der Waals surface area contributed by atoms with Crippen LogP contribution in [0.2, 0.25) is 0 Å². The van der Waals surface area contributed by atoms with E-state index in [0.717, 1.165) is 0 Å². The first kappa shape index (κ1) is 10.7. The van der Waals surface area contributed by atoms with Crippen LogP contribution in [0.1, 0.15) is 18.6 Å². The van der Waals surface area contributed by atoms with Gasteiger partial charge in [0.05, 0.1) is 6.61 Å². The second kappa shape index (κ2) is 5.36. The Morgan fingerprint density at radius 1 is 1.50 bits per heavy atom. The Morgan fingerprint density at radius 2 is 2.14 bits per heavy atom. The monoisotopic (exact) mass is 195 g/mol. The van der Waals surface area contributed by atoms with Gasteiger partial charge in [-0.2, -0.15) is 0 Å². The Labute approximate surface area is 82.5 Å². The van der Waals surface area contributed by atoms with E-state index in [0.29, 0.717) is 12.2 Å². The normalized spacial score (nSPS) is 12.1. The van der Waals surface area contributed by atoms with Gasteiger partial charge in [-0.15, -0.1) is 0 Å². The summed E-state index contributed by atoms with van der Waals surface area (Å²) in [7, 11) is 0. The van der Waals surface area contributed by atoms with Gasteiger partial charge in [0.15, 0.2) is 6.10 Å². The van der Waals surface area contributed by atoms with Crippen LogP contribution in [-0.2, 0) is 9.63 Å². The van der Waals surface area contributed by atoms with Crippen molar-refractivity contribution in [3.8, 4) is 0 Å². The van der Waals surface area contributed by atoms with Gasteiger partial charge in [0.25, 0.3) is 5.91 Å². The third-order valence-electron chi connectivity index (χ3n) is 1.68. The van der Waals surface area contributed by atoms with Gasteiger partial charge in [-0.1, -0.05) is 30.3 Å². The van der Waals surface area contributed by atoms with E-state index in [2.05, 4.69) is 10.3 Å². The van der Waals surface area contributed by atoms with Gasteiger partial charge in [-0.05, 0) is 12.5 Å². The molecule has 1 atom stereocenters. The Hall–Kier alpha value is -1.39. The van der Waals surface area contributed by atoms with Gasteiger partial charge in [-0.3, -0.25) is 9.63 Å².